The number of hydrogen-bond acceptors (Lipinski definition) is 16. The van der Waals surface area contributed by atoms with Crippen LogP contribution < -0.4 is 16.0 Å². The van der Waals surface area contributed by atoms with E-state index >= 15 is 0 Å². The molecule has 15 rings (SSSR count). The van der Waals surface area contributed by atoms with Crippen LogP contribution in [-0.2, 0) is 69.2 Å². The monoisotopic (exact) mass is 1860 g/mol. The fourth-order valence-corrected chi connectivity index (χ4v) is 20.8. The summed E-state index contributed by atoms with van der Waals surface area (Å²) in [5.74, 6) is -0.980. The van der Waals surface area contributed by atoms with E-state index in [9.17, 15) is 67.7 Å². The number of amides is 8. The van der Waals surface area contributed by atoms with Gasteiger partial charge in [-0.3, -0.25) is 57.5 Å². The van der Waals surface area contributed by atoms with Crippen molar-refractivity contribution in [2.75, 3.05) is 13.1 Å². The second-order valence-electron chi connectivity index (χ2n) is 41.4. The molecule has 0 bridgehead atoms. The van der Waals surface area contributed by atoms with E-state index in [2.05, 4.69) is 181 Å². The predicted molar refractivity (Wildman–Crippen MR) is 530 cm³/mol. The standard InChI is InChI=1S/C30H41NO4S.C29H39NO4S.3C17H20N2O2/c1-18(2)26(33)16-24(30(5,6)7)29(35)31-17-23(32)15-25(31)27(34)14-20(4)21-8-10-22(11-9-21)28-19(3)12-13-36-28;1-18(2)26(33)16-23(29(4,5)6)28(34)30-17-22(31)15-24(30)25(32)12-9-20-7-10-21(11-8-20)27-19(3)13-14-35-27;1-10(2)12-5-6-14-13(8-12)9-19(17(14)21)15-7-4-11(3)18-16(15)20;1-10(2)12-5-6-13-9-19(17(21)14(13)8-12)15-7-4-11(3)18-16(15)20;1-10(2)12-5-4-6-13-14(12)9-19(17(13)21)15-8-7-11(3)18-16(15)20/h8-13,18,20,23-25,32H,14-17H2,1-7H3;7-8,10-11,13-14,18,22-24,31H,9,12,15-17H2,1-6H3;2*5-6,8,10,15H,3-4,7,9H2,1-2H3,(H,18,20);4-6,10,15H,3,7-9H2,1-2H3,(H,18,20)/t20-,23-,24-,25+;22-,23-,24+;;;/m11.../s1. The van der Waals surface area contributed by atoms with E-state index in [1.165, 1.54) is 43.1 Å². The Morgan fingerprint density at radius 3 is 1.29 bits per heavy atom. The Hall–Kier alpha value is -10.9. The second kappa shape index (κ2) is 44.3. The molecule has 10 atom stereocenters. The van der Waals surface area contributed by atoms with Gasteiger partial charge in [0.05, 0.1) is 24.3 Å². The van der Waals surface area contributed by atoms with Crippen LogP contribution in [0.1, 0.15) is 305 Å². The van der Waals surface area contributed by atoms with Crippen LogP contribution in [0.2, 0.25) is 0 Å². The molecule has 24 heteroatoms. The summed E-state index contributed by atoms with van der Waals surface area (Å²) in [5.41, 5.74) is 17.3. The number of hydrogen-bond donors (Lipinski definition) is 5. The van der Waals surface area contributed by atoms with E-state index in [-0.39, 0.29) is 145 Å². The van der Waals surface area contributed by atoms with E-state index in [1.807, 2.05) is 113 Å². The number of thiophene rings is 2. The summed E-state index contributed by atoms with van der Waals surface area (Å²) >= 11 is 3.44. The molecule has 3 unspecified atom stereocenters. The van der Waals surface area contributed by atoms with Crippen molar-refractivity contribution < 1.29 is 67.7 Å². The molecule has 5 saturated heterocycles. The zero-order valence-corrected chi connectivity index (χ0v) is 83.6. The highest BCUT2D eigenvalue weighted by atomic mass is 32.1. The first-order valence-electron chi connectivity index (χ1n) is 47.7. The predicted octanol–water partition coefficient (Wildman–Crippen LogP) is 19.2. The SMILES string of the molecule is C=C1CCC(N2Cc3c(cccc3C(C)C)C2=O)C(=O)N1.C=C1CCC(N2Cc3cc(C(C)C)ccc3C2=O)C(=O)N1.C=C1CCC(N2Cc3ccc(C(C)C)cc3C2=O)C(=O)N1.Cc1ccsc1-c1ccc(CCC(=O)[C@@H]2C[C@@H](O)CN2C(=O)[C@@H](CC(=O)C(C)C)C(C)(C)C)cc1.Cc1ccsc1-c1ccc([C@H](C)CC(=O)[C@@H]2C[C@@H](O)CN2C(=O)[C@@H](CC(=O)C(C)C)C(C)(C)C)cc1. The second-order valence-corrected chi connectivity index (χ2v) is 43.2. The topological polar surface area (TPSA) is 298 Å². The quantitative estimate of drug-likeness (QED) is 0.0376. The molecule has 8 aliphatic heterocycles. The summed E-state index contributed by atoms with van der Waals surface area (Å²) in [5, 5.41) is 33.2. The molecule has 0 radical (unpaired) electrons. The van der Waals surface area contributed by atoms with Crippen LogP contribution in [0, 0.1) is 48.3 Å². The zero-order valence-electron chi connectivity index (χ0n) is 82.0. The molecule has 8 aliphatic rings. The third-order valence-electron chi connectivity index (χ3n) is 27.5. The number of aliphatic hydroxyl groups excluding tert-OH is 2. The highest BCUT2D eigenvalue weighted by Gasteiger charge is 2.48. The molecule has 134 heavy (non-hydrogen) atoms. The number of ketones is 4. The number of piperidine rings is 3. The Bertz CT molecular complexity index is 5540. The van der Waals surface area contributed by atoms with Crippen molar-refractivity contribution in [1.82, 2.24) is 40.4 Å². The Balaban J connectivity index is 0.000000165. The number of fused-ring (bicyclic) bond motifs is 3. The molecule has 2 aromatic heterocycles. The molecule has 0 saturated carbocycles. The zero-order chi connectivity index (χ0) is 98.1. The molecule has 22 nitrogen and oxygen atoms in total. The van der Waals surface area contributed by atoms with E-state index in [0.717, 1.165) is 86.4 Å². The van der Waals surface area contributed by atoms with Gasteiger partial charge in [0.15, 0.2) is 11.6 Å². The van der Waals surface area contributed by atoms with Crippen LogP contribution in [0.25, 0.3) is 20.9 Å². The molecular formula is C110H140N8O14S2. The number of aliphatic hydroxyl groups is 2. The third-order valence-corrected chi connectivity index (χ3v) is 29.6. The first-order valence-corrected chi connectivity index (χ1v) is 49.5. The molecule has 8 amide bonds. The van der Waals surface area contributed by atoms with Gasteiger partial charge in [0.1, 0.15) is 29.7 Å². The smallest absolute Gasteiger partial charge is 0.255 e. The Morgan fingerprint density at radius 1 is 0.455 bits per heavy atom. The third kappa shape index (κ3) is 24.8. The van der Waals surface area contributed by atoms with Crippen molar-refractivity contribution in [3.63, 3.8) is 0 Å². The Kier molecular flexibility index (Phi) is 34.2. The summed E-state index contributed by atoms with van der Waals surface area (Å²) in [6, 6.07) is 36.4. The normalized spacial score (nSPS) is 20.6. The van der Waals surface area contributed by atoms with Crippen molar-refractivity contribution >= 4 is 93.1 Å². The van der Waals surface area contributed by atoms with Crippen molar-refractivity contribution in [3.05, 3.63) is 235 Å². The number of benzene rings is 5. The molecule has 5 aromatic carbocycles. The van der Waals surface area contributed by atoms with Gasteiger partial charge in [-0.25, -0.2) is 0 Å². The maximum atomic E-state index is 13.7. The number of carbonyl (C=O) groups is 12. The lowest BCUT2D eigenvalue weighted by atomic mass is 9.75. The molecule has 716 valence electrons. The molecule has 10 heterocycles. The van der Waals surface area contributed by atoms with E-state index in [0.29, 0.717) is 75.9 Å². The van der Waals surface area contributed by atoms with Gasteiger partial charge in [0.25, 0.3) is 17.7 Å². The van der Waals surface area contributed by atoms with Crippen molar-refractivity contribution in [2.24, 2.45) is 34.5 Å². The summed E-state index contributed by atoms with van der Waals surface area (Å²) in [6.07, 6.45) is 4.72. The van der Waals surface area contributed by atoms with Gasteiger partial charge in [-0.15, -0.1) is 22.7 Å². The average Bonchev–Trinajstić information content (AvgIpc) is 1.47. The minimum Gasteiger partial charge on any atom is -0.391 e. The van der Waals surface area contributed by atoms with Gasteiger partial charge in [-0.1, -0.05) is 222 Å². The van der Waals surface area contributed by atoms with Gasteiger partial charge in [-0.2, -0.15) is 0 Å². The lowest BCUT2D eigenvalue weighted by Crippen LogP contribution is -2.49. The molecule has 7 aromatic rings. The Morgan fingerprint density at radius 2 is 0.866 bits per heavy atom. The summed E-state index contributed by atoms with van der Waals surface area (Å²) < 4.78 is 0. The van der Waals surface area contributed by atoms with E-state index in [4.69, 9.17) is 0 Å². The number of carbonyl (C=O) groups excluding carboxylic acids is 12. The number of Topliss-reactive ketones (excluding diaryl/α,β-unsaturated/α-hetero) is 4. The molecule has 5 fully saturated rings. The summed E-state index contributed by atoms with van der Waals surface area (Å²) in [4.78, 5) is 164. The maximum absolute atomic E-state index is 13.7. The maximum Gasteiger partial charge on any atom is 0.255 e. The number of likely N-dealkylation sites (tertiary alicyclic amines) is 2. The number of rotatable bonds is 24. The minimum atomic E-state index is -0.729. The summed E-state index contributed by atoms with van der Waals surface area (Å²) in [7, 11) is 0. The highest BCUT2D eigenvalue weighted by Crippen LogP contribution is 2.42. The fraction of sp³-hybridized carbons (Fsp3) is 0.491. The number of nitrogens with one attached hydrogen (secondary N) is 3. The van der Waals surface area contributed by atoms with E-state index < -0.39 is 47.0 Å². The van der Waals surface area contributed by atoms with Gasteiger partial charge in [-0.05, 0) is 201 Å². The van der Waals surface area contributed by atoms with E-state index in [1.54, 1.807) is 47.2 Å². The van der Waals surface area contributed by atoms with Crippen LogP contribution in [0.3, 0.4) is 0 Å². The molecule has 0 aliphatic carbocycles. The van der Waals surface area contributed by atoms with Crippen LogP contribution in [-0.4, -0.2) is 161 Å². The average molecular weight is 1860 g/mol. The van der Waals surface area contributed by atoms with Crippen LogP contribution in [0.5, 0.6) is 0 Å². The van der Waals surface area contributed by atoms with Crippen LogP contribution in [0.4, 0.5) is 0 Å². The molecular weight excluding hydrogens is 1720 g/mol. The molecule has 0 spiro atoms. The minimum absolute atomic E-state index is 0.00777. The first kappa shape index (κ1) is 104. The lowest BCUT2D eigenvalue weighted by molar-refractivity contribution is -0.146. The highest BCUT2D eigenvalue weighted by molar-refractivity contribution is 7.14. The Labute approximate surface area is 800 Å². The van der Waals surface area contributed by atoms with Crippen LogP contribution >= 0.6 is 22.7 Å². The van der Waals surface area contributed by atoms with Gasteiger partial charge in [0.2, 0.25) is 29.5 Å². The molecule has 5 N–H and O–H groups in total. The lowest BCUT2D eigenvalue weighted by Gasteiger charge is -2.35. The van der Waals surface area contributed by atoms with Crippen molar-refractivity contribution in [2.45, 2.75) is 301 Å². The number of aryl methyl sites for hydroxylation is 3. The summed E-state index contributed by atoms with van der Waals surface area (Å²) in [6.45, 7) is 51.3. The van der Waals surface area contributed by atoms with Crippen molar-refractivity contribution in [1.29, 1.82) is 0 Å². The number of nitrogens with zero attached hydrogens (tertiary/aromatic N) is 5. The number of allylic oxidation sites excluding steroid dienone is 3. The van der Waals surface area contributed by atoms with Gasteiger partial charge >= 0.3 is 0 Å². The fourth-order valence-electron chi connectivity index (χ4n) is 18.9. The first-order chi connectivity index (χ1) is 63.1. The number of β-amino-alcohol motifs (C(OH)–C–C–N with tert-alkyl or cyclic N) is 2. The van der Waals surface area contributed by atoms with Crippen LogP contribution in [0.15, 0.2) is 163 Å². The van der Waals surface area contributed by atoms with Gasteiger partial charge < -0.3 is 50.7 Å². The largest absolute Gasteiger partial charge is 0.391 e. The van der Waals surface area contributed by atoms with Gasteiger partial charge in [0, 0.05) is 138 Å². The van der Waals surface area contributed by atoms with Crippen molar-refractivity contribution in [3.8, 4) is 20.9 Å².